The van der Waals surface area contributed by atoms with E-state index in [1.165, 1.54) is 5.56 Å². The van der Waals surface area contributed by atoms with Crippen LogP contribution in [0.15, 0.2) is 48.5 Å². The van der Waals surface area contributed by atoms with E-state index in [0.717, 1.165) is 36.4 Å². The zero-order valence-corrected chi connectivity index (χ0v) is 12.7. The van der Waals surface area contributed by atoms with Gasteiger partial charge >= 0.3 is 6.03 Å². The smallest absolute Gasteiger partial charge is 0.322 e. The number of anilines is 1. The Bertz CT molecular complexity index is 655. The molecule has 0 saturated heterocycles. The minimum Gasteiger partial charge on any atom is -0.497 e. The quantitative estimate of drug-likeness (QED) is 0.943. The molecule has 0 bridgehead atoms. The Morgan fingerprint density at radius 2 is 2.05 bits per heavy atom. The van der Waals surface area contributed by atoms with Gasteiger partial charge in [0.1, 0.15) is 5.75 Å². The third-order valence-electron chi connectivity index (χ3n) is 3.94. The number of carbonyl (C=O) groups is 1. The summed E-state index contributed by atoms with van der Waals surface area (Å²) in [7, 11) is 1.66. The van der Waals surface area contributed by atoms with Gasteiger partial charge in [-0.2, -0.15) is 0 Å². The van der Waals surface area contributed by atoms with Crippen molar-refractivity contribution in [3.8, 4) is 5.75 Å². The van der Waals surface area contributed by atoms with Gasteiger partial charge in [-0.25, -0.2) is 4.79 Å². The number of carbonyl (C=O) groups excluding carboxylic acids is 1. The lowest BCUT2D eigenvalue weighted by Gasteiger charge is -2.29. The molecule has 0 spiro atoms. The van der Waals surface area contributed by atoms with Gasteiger partial charge in [0.25, 0.3) is 0 Å². The van der Waals surface area contributed by atoms with Crippen molar-refractivity contribution in [3.05, 3.63) is 59.7 Å². The fraction of sp³-hybridized carbons (Fsp3) is 0.278. The molecule has 0 fully saturated rings. The molecule has 1 aliphatic heterocycles. The summed E-state index contributed by atoms with van der Waals surface area (Å²) in [6, 6.07) is 15.8. The Labute approximate surface area is 130 Å². The van der Waals surface area contributed by atoms with Crippen LogP contribution >= 0.6 is 0 Å². The SMILES string of the molecule is COc1ccc2c(c1)CCCN2C(=O)NCc1ccccc1. The molecule has 1 heterocycles. The van der Waals surface area contributed by atoms with E-state index in [-0.39, 0.29) is 6.03 Å². The van der Waals surface area contributed by atoms with Crippen molar-refractivity contribution in [2.24, 2.45) is 0 Å². The van der Waals surface area contributed by atoms with E-state index in [1.54, 1.807) is 7.11 Å². The summed E-state index contributed by atoms with van der Waals surface area (Å²) in [6.07, 6.45) is 1.95. The molecule has 114 valence electrons. The second kappa shape index (κ2) is 6.52. The first kappa shape index (κ1) is 14.4. The number of methoxy groups -OCH3 is 1. The molecule has 0 aromatic heterocycles. The number of rotatable bonds is 3. The lowest BCUT2D eigenvalue weighted by atomic mass is 10.0. The number of hydrogen-bond acceptors (Lipinski definition) is 2. The number of benzene rings is 2. The van der Waals surface area contributed by atoms with Crippen LogP contribution in [0.1, 0.15) is 17.5 Å². The molecule has 0 atom stereocenters. The molecule has 3 rings (SSSR count). The minimum atomic E-state index is -0.0463. The summed E-state index contributed by atoms with van der Waals surface area (Å²) < 4.78 is 5.26. The Balaban J connectivity index is 1.72. The topological polar surface area (TPSA) is 41.6 Å². The Kier molecular flexibility index (Phi) is 4.28. The Morgan fingerprint density at radius 1 is 1.23 bits per heavy atom. The highest BCUT2D eigenvalue weighted by molar-refractivity contribution is 5.93. The lowest BCUT2D eigenvalue weighted by Crippen LogP contribution is -2.42. The molecule has 22 heavy (non-hydrogen) atoms. The van der Waals surface area contributed by atoms with Crippen molar-refractivity contribution in [2.75, 3.05) is 18.6 Å². The number of aryl methyl sites for hydroxylation is 1. The molecule has 2 aromatic rings. The van der Waals surface area contributed by atoms with E-state index in [2.05, 4.69) is 5.32 Å². The molecule has 0 radical (unpaired) electrons. The van der Waals surface area contributed by atoms with Crippen LogP contribution in [0.4, 0.5) is 10.5 Å². The van der Waals surface area contributed by atoms with Gasteiger partial charge in [0, 0.05) is 18.8 Å². The summed E-state index contributed by atoms with van der Waals surface area (Å²) in [5.41, 5.74) is 3.25. The molecule has 0 saturated carbocycles. The number of urea groups is 1. The summed E-state index contributed by atoms with van der Waals surface area (Å²) in [6.45, 7) is 1.29. The van der Waals surface area contributed by atoms with Crippen LogP contribution in [0.25, 0.3) is 0 Å². The van der Waals surface area contributed by atoms with Gasteiger partial charge in [-0.3, -0.25) is 4.90 Å². The van der Waals surface area contributed by atoms with Crippen LogP contribution in [0.3, 0.4) is 0 Å². The highest BCUT2D eigenvalue weighted by Gasteiger charge is 2.22. The molecule has 2 amide bonds. The molecule has 4 heteroatoms. The van der Waals surface area contributed by atoms with Gasteiger partial charge in [0.15, 0.2) is 0 Å². The number of nitrogens with zero attached hydrogens (tertiary/aromatic N) is 1. The van der Waals surface area contributed by atoms with Crippen molar-refractivity contribution in [1.29, 1.82) is 0 Å². The van der Waals surface area contributed by atoms with Crippen LogP contribution in [0.2, 0.25) is 0 Å². The maximum atomic E-state index is 12.5. The zero-order chi connectivity index (χ0) is 15.4. The van der Waals surface area contributed by atoms with E-state index in [4.69, 9.17) is 4.74 Å². The van der Waals surface area contributed by atoms with Gasteiger partial charge in [-0.15, -0.1) is 0 Å². The minimum absolute atomic E-state index is 0.0463. The van der Waals surface area contributed by atoms with Gasteiger partial charge < -0.3 is 10.1 Å². The number of fused-ring (bicyclic) bond motifs is 1. The molecule has 0 aliphatic carbocycles. The van der Waals surface area contributed by atoms with Gasteiger partial charge in [-0.05, 0) is 42.2 Å². The van der Waals surface area contributed by atoms with E-state index >= 15 is 0 Å². The van der Waals surface area contributed by atoms with Gasteiger partial charge in [-0.1, -0.05) is 30.3 Å². The van der Waals surface area contributed by atoms with Crippen LogP contribution < -0.4 is 15.0 Å². The molecule has 0 unspecified atom stereocenters. The molecular weight excluding hydrogens is 276 g/mol. The maximum Gasteiger partial charge on any atom is 0.322 e. The maximum absolute atomic E-state index is 12.5. The standard InChI is InChI=1S/C18H20N2O2/c1-22-16-9-10-17-15(12-16)8-5-11-20(17)18(21)19-13-14-6-3-2-4-7-14/h2-4,6-7,9-10,12H,5,8,11,13H2,1H3,(H,19,21). The van der Waals surface area contributed by atoms with E-state index in [1.807, 2.05) is 53.4 Å². The first-order chi connectivity index (χ1) is 10.8. The molecule has 2 aromatic carbocycles. The number of ether oxygens (including phenoxy) is 1. The third kappa shape index (κ3) is 3.06. The number of nitrogens with one attached hydrogen (secondary N) is 1. The first-order valence-electron chi connectivity index (χ1n) is 7.54. The van der Waals surface area contributed by atoms with Crippen LogP contribution in [0, 0.1) is 0 Å². The van der Waals surface area contributed by atoms with E-state index < -0.39 is 0 Å². The number of hydrogen-bond donors (Lipinski definition) is 1. The predicted octanol–water partition coefficient (Wildman–Crippen LogP) is 3.36. The number of amides is 2. The highest BCUT2D eigenvalue weighted by Crippen LogP contribution is 2.30. The molecule has 1 N–H and O–H groups in total. The Hall–Kier alpha value is -2.49. The normalized spacial score (nSPS) is 13.4. The predicted molar refractivity (Wildman–Crippen MR) is 87.3 cm³/mol. The Morgan fingerprint density at radius 3 is 2.82 bits per heavy atom. The fourth-order valence-corrected chi connectivity index (χ4v) is 2.78. The summed E-state index contributed by atoms with van der Waals surface area (Å²) in [5.74, 6) is 0.838. The molecule has 1 aliphatic rings. The summed E-state index contributed by atoms with van der Waals surface area (Å²) in [5, 5.41) is 2.99. The third-order valence-corrected chi connectivity index (χ3v) is 3.94. The van der Waals surface area contributed by atoms with Crippen molar-refractivity contribution >= 4 is 11.7 Å². The van der Waals surface area contributed by atoms with Crippen molar-refractivity contribution in [3.63, 3.8) is 0 Å². The highest BCUT2D eigenvalue weighted by atomic mass is 16.5. The van der Waals surface area contributed by atoms with Gasteiger partial charge in [0.2, 0.25) is 0 Å². The lowest BCUT2D eigenvalue weighted by molar-refractivity contribution is 0.245. The monoisotopic (exact) mass is 296 g/mol. The van der Waals surface area contributed by atoms with Crippen LogP contribution in [-0.4, -0.2) is 19.7 Å². The average Bonchev–Trinajstić information content (AvgIpc) is 2.59. The van der Waals surface area contributed by atoms with Crippen molar-refractivity contribution < 1.29 is 9.53 Å². The summed E-state index contributed by atoms with van der Waals surface area (Å²) >= 11 is 0. The van der Waals surface area contributed by atoms with Crippen molar-refractivity contribution in [2.45, 2.75) is 19.4 Å². The fourth-order valence-electron chi connectivity index (χ4n) is 2.78. The summed E-state index contributed by atoms with van der Waals surface area (Å²) in [4.78, 5) is 14.3. The van der Waals surface area contributed by atoms with Crippen LogP contribution in [-0.2, 0) is 13.0 Å². The van der Waals surface area contributed by atoms with E-state index in [9.17, 15) is 4.79 Å². The van der Waals surface area contributed by atoms with Crippen LogP contribution in [0.5, 0.6) is 5.75 Å². The molecular formula is C18H20N2O2. The average molecular weight is 296 g/mol. The second-order valence-corrected chi connectivity index (χ2v) is 5.39. The zero-order valence-electron chi connectivity index (χ0n) is 12.7. The molecule has 4 nitrogen and oxygen atoms in total. The first-order valence-corrected chi connectivity index (χ1v) is 7.54. The largest absolute Gasteiger partial charge is 0.497 e. The van der Waals surface area contributed by atoms with Crippen molar-refractivity contribution in [1.82, 2.24) is 5.32 Å². The second-order valence-electron chi connectivity index (χ2n) is 5.39. The van der Waals surface area contributed by atoms with Gasteiger partial charge in [0.05, 0.1) is 7.11 Å². The van der Waals surface area contributed by atoms with E-state index in [0.29, 0.717) is 6.54 Å².